The van der Waals surface area contributed by atoms with E-state index in [1.54, 1.807) is 6.08 Å². The van der Waals surface area contributed by atoms with Gasteiger partial charge in [0.1, 0.15) is 0 Å². The van der Waals surface area contributed by atoms with E-state index in [9.17, 15) is 0 Å². The van der Waals surface area contributed by atoms with Crippen LogP contribution in [0.5, 0.6) is 0 Å². The average molecular weight is 112 g/mol. The molecule has 0 unspecified atom stereocenters. The Morgan fingerprint density at radius 3 is 2.38 bits per heavy atom. The summed E-state index contributed by atoms with van der Waals surface area (Å²) >= 11 is 0. The monoisotopic (exact) mass is 112 g/mol. The predicted octanol–water partition coefficient (Wildman–Crippen LogP) is 1.50. The molecule has 0 radical (unpaired) electrons. The summed E-state index contributed by atoms with van der Waals surface area (Å²) in [6, 6.07) is 0. The minimum Gasteiger partial charge on any atom is -0.392 e. The van der Waals surface area contributed by atoms with Crippen molar-refractivity contribution < 1.29 is 5.11 Å². The third-order valence-electron chi connectivity index (χ3n) is 0.724. The molecular weight excluding hydrogens is 100 g/mol. The standard InChI is InChI=1S/C7H12O/c1-2-3-4-5-6-7-8/h3-6,8H,2,7H2,1H3/b4-3-,6-5-. The second kappa shape index (κ2) is 6.44. The van der Waals surface area contributed by atoms with Gasteiger partial charge in [0.25, 0.3) is 0 Å². The van der Waals surface area contributed by atoms with Gasteiger partial charge >= 0.3 is 0 Å². The van der Waals surface area contributed by atoms with Crippen molar-refractivity contribution in [3.8, 4) is 0 Å². The molecule has 0 saturated heterocycles. The molecule has 0 aromatic rings. The zero-order chi connectivity index (χ0) is 6.24. The number of aliphatic hydroxyl groups excluding tert-OH is 1. The van der Waals surface area contributed by atoms with Crippen LogP contribution in [0.15, 0.2) is 24.3 Å². The smallest absolute Gasteiger partial charge is 0.0615 e. The number of hydrogen-bond acceptors (Lipinski definition) is 1. The molecule has 0 spiro atoms. The number of rotatable bonds is 3. The normalized spacial score (nSPS) is 11.8. The Hall–Kier alpha value is -0.560. The quantitative estimate of drug-likeness (QED) is 0.548. The summed E-state index contributed by atoms with van der Waals surface area (Å²) in [6.45, 7) is 2.21. The maximum Gasteiger partial charge on any atom is 0.0615 e. The Balaban J connectivity index is 3.13. The number of hydrogen-bond donors (Lipinski definition) is 1. The van der Waals surface area contributed by atoms with E-state index < -0.39 is 0 Å². The molecule has 0 saturated carbocycles. The fraction of sp³-hybridized carbons (Fsp3) is 0.429. The zero-order valence-corrected chi connectivity index (χ0v) is 5.17. The van der Waals surface area contributed by atoms with Crippen molar-refractivity contribution in [2.45, 2.75) is 13.3 Å². The van der Waals surface area contributed by atoms with E-state index in [-0.39, 0.29) is 6.61 Å². The Morgan fingerprint density at radius 2 is 1.88 bits per heavy atom. The Bertz CT molecular complexity index is 70.4. The SMILES string of the molecule is CC/C=C\C=C/CO. The lowest BCUT2D eigenvalue weighted by Crippen LogP contribution is -1.67. The summed E-state index contributed by atoms with van der Waals surface area (Å²) in [5.74, 6) is 0. The summed E-state index contributed by atoms with van der Waals surface area (Å²) in [6.07, 6.45) is 8.55. The van der Waals surface area contributed by atoms with Gasteiger partial charge in [0.05, 0.1) is 6.61 Å². The van der Waals surface area contributed by atoms with Crippen LogP contribution in [0.1, 0.15) is 13.3 Å². The molecule has 1 heteroatoms. The van der Waals surface area contributed by atoms with E-state index in [2.05, 4.69) is 6.92 Å². The van der Waals surface area contributed by atoms with E-state index in [0.717, 1.165) is 6.42 Å². The molecule has 0 aliphatic carbocycles. The lowest BCUT2D eigenvalue weighted by Gasteiger charge is -1.74. The van der Waals surface area contributed by atoms with Gasteiger partial charge in [0.2, 0.25) is 0 Å². The second-order valence-corrected chi connectivity index (χ2v) is 1.45. The van der Waals surface area contributed by atoms with Crippen molar-refractivity contribution in [2.75, 3.05) is 6.61 Å². The first-order valence-electron chi connectivity index (χ1n) is 2.84. The maximum atomic E-state index is 8.24. The largest absolute Gasteiger partial charge is 0.392 e. The van der Waals surface area contributed by atoms with Crippen LogP contribution in [0, 0.1) is 0 Å². The van der Waals surface area contributed by atoms with Gasteiger partial charge in [-0.2, -0.15) is 0 Å². The average Bonchev–Trinajstić information content (AvgIpc) is 1.81. The minimum atomic E-state index is 0.133. The molecule has 1 nitrogen and oxygen atoms in total. The minimum absolute atomic E-state index is 0.133. The Labute approximate surface area is 50.3 Å². The van der Waals surface area contributed by atoms with Gasteiger partial charge in [-0.25, -0.2) is 0 Å². The molecule has 1 N–H and O–H groups in total. The second-order valence-electron chi connectivity index (χ2n) is 1.45. The molecular formula is C7H12O. The third-order valence-corrected chi connectivity index (χ3v) is 0.724. The van der Waals surface area contributed by atoms with E-state index in [4.69, 9.17) is 5.11 Å². The highest BCUT2D eigenvalue weighted by Gasteiger charge is 1.62. The molecule has 46 valence electrons. The van der Waals surface area contributed by atoms with Crippen LogP contribution in [-0.2, 0) is 0 Å². The van der Waals surface area contributed by atoms with Crippen molar-refractivity contribution in [3.05, 3.63) is 24.3 Å². The predicted molar refractivity (Wildman–Crippen MR) is 35.7 cm³/mol. The molecule has 0 bridgehead atoms. The van der Waals surface area contributed by atoms with Gasteiger partial charge in [-0.3, -0.25) is 0 Å². The van der Waals surface area contributed by atoms with Crippen LogP contribution >= 0.6 is 0 Å². The molecule has 8 heavy (non-hydrogen) atoms. The fourth-order valence-corrected chi connectivity index (χ4v) is 0.354. The molecule has 0 aliphatic rings. The van der Waals surface area contributed by atoms with Crippen LogP contribution in [0.25, 0.3) is 0 Å². The molecule has 0 amide bonds. The van der Waals surface area contributed by atoms with E-state index >= 15 is 0 Å². The summed E-state index contributed by atoms with van der Waals surface area (Å²) in [5, 5.41) is 8.24. The molecule has 0 atom stereocenters. The molecule has 0 rings (SSSR count). The van der Waals surface area contributed by atoms with Gasteiger partial charge in [0, 0.05) is 0 Å². The van der Waals surface area contributed by atoms with Crippen LogP contribution in [0.2, 0.25) is 0 Å². The highest BCUT2D eigenvalue weighted by Crippen LogP contribution is 1.79. The van der Waals surface area contributed by atoms with Crippen LogP contribution in [0.4, 0.5) is 0 Å². The van der Waals surface area contributed by atoms with Crippen molar-refractivity contribution in [1.82, 2.24) is 0 Å². The number of aliphatic hydroxyl groups is 1. The lowest BCUT2D eigenvalue weighted by atomic mass is 10.4. The number of allylic oxidation sites excluding steroid dienone is 3. The Morgan fingerprint density at radius 1 is 1.25 bits per heavy atom. The zero-order valence-electron chi connectivity index (χ0n) is 5.17. The topological polar surface area (TPSA) is 20.2 Å². The van der Waals surface area contributed by atoms with Gasteiger partial charge in [0.15, 0.2) is 0 Å². The van der Waals surface area contributed by atoms with E-state index in [1.165, 1.54) is 0 Å². The molecule has 0 aromatic heterocycles. The van der Waals surface area contributed by atoms with Crippen LogP contribution < -0.4 is 0 Å². The molecule has 0 aliphatic heterocycles. The molecule has 0 aromatic carbocycles. The Kier molecular flexibility index (Phi) is 5.99. The van der Waals surface area contributed by atoms with Gasteiger partial charge < -0.3 is 5.11 Å². The first-order chi connectivity index (χ1) is 3.91. The van der Waals surface area contributed by atoms with Gasteiger partial charge in [-0.05, 0) is 6.42 Å². The van der Waals surface area contributed by atoms with Crippen molar-refractivity contribution in [1.29, 1.82) is 0 Å². The van der Waals surface area contributed by atoms with Crippen LogP contribution in [-0.4, -0.2) is 11.7 Å². The van der Waals surface area contributed by atoms with Gasteiger partial charge in [-0.15, -0.1) is 0 Å². The lowest BCUT2D eigenvalue weighted by molar-refractivity contribution is 0.343. The van der Waals surface area contributed by atoms with Crippen molar-refractivity contribution in [3.63, 3.8) is 0 Å². The summed E-state index contributed by atoms with van der Waals surface area (Å²) in [7, 11) is 0. The third kappa shape index (κ3) is 5.44. The summed E-state index contributed by atoms with van der Waals surface area (Å²) in [4.78, 5) is 0. The first kappa shape index (κ1) is 7.44. The highest BCUT2D eigenvalue weighted by molar-refractivity contribution is 5.01. The van der Waals surface area contributed by atoms with E-state index in [1.807, 2.05) is 18.2 Å². The van der Waals surface area contributed by atoms with Crippen LogP contribution in [0.3, 0.4) is 0 Å². The fourth-order valence-electron chi connectivity index (χ4n) is 0.354. The first-order valence-corrected chi connectivity index (χ1v) is 2.84. The van der Waals surface area contributed by atoms with Gasteiger partial charge in [-0.1, -0.05) is 31.2 Å². The van der Waals surface area contributed by atoms with E-state index in [0.29, 0.717) is 0 Å². The maximum absolute atomic E-state index is 8.24. The molecule has 0 heterocycles. The van der Waals surface area contributed by atoms with Crippen molar-refractivity contribution >= 4 is 0 Å². The highest BCUT2D eigenvalue weighted by atomic mass is 16.2. The summed E-state index contributed by atoms with van der Waals surface area (Å²) in [5.41, 5.74) is 0. The van der Waals surface area contributed by atoms with Crippen molar-refractivity contribution in [2.24, 2.45) is 0 Å². The molecule has 0 fully saturated rings. The summed E-state index contributed by atoms with van der Waals surface area (Å²) < 4.78 is 0.